The summed E-state index contributed by atoms with van der Waals surface area (Å²) < 4.78 is 0. The van der Waals surface area contributed by atoms with Gasteiger partial charge in [0.2, 0.25) is 0 Å². The number of anilines is 1. The second kappa shape index (κ2) is 6.22. The van der Waals surface area contributed by atoms with Crippen LogP contribution in [0, 0.1) is 5.92 Å². The molecular weight excluding hydrogens is 256 g/mol. The molecule has 1 heterocycles. The van der Waals surface area contributed by atoms with E-state index in [0.717, 1.165) is 31.6 Å². The van der Waals surface area contributed by atoms with Gasteiger partial charge in [0.15, 0.2) is 0 Å². The Kier molecular flexibility index (Phi) is 4.60. The highest BCUT2D eigenvalue weighted by atomic mass is 16.4. The number of aliphatic hydroxyl groups is 1. The van der Waals surface area contributed by atoms with E-state index in [0.29, 0.717) is 12.4 Å². The minimum absolute atomic E-state index is 0.165. The molecule has 1 aliphatic rings. The van der Waals surface area contributed by atoms with Gasteiger partial charge in [0.25, 0.3) is 0 Å². The average Bonchev–Trinajstić information content (AvgIpc) is 2.46. The molecule has 0 bridgehead atoms. The van der Waals surface area contributed by atoms with Crippen molar-refractivity contribution in [2.75, 3.05) is 11.9 Å². The molecule has 1 aromatic heterocycles. The van der Waals surface area contributed by atoms with Crippen molar-refractivity contribution in [3.63, 3.8) is 0 Å². The summed E-state index contributed by atoms with van der Waals surface area (Å²) in [4.78, 5) is 14.8. The first-order chi connectivity index (χ1) is 9.52. The van der Waals surface area contributed by atoms with E-state index in [1.807, 2.05) is 0 Å². The van der Waals surface area contributed by atoms with Gasteiger partial charge in [-0.2, -0.15) is 0 Å². The maximum absolute atomic E-state index is 10.7. The number of carboxylic acid groups (broad SMARTS) is 1. The van der Waals surface area contributed by atoms with Crippen LogP contribution >= 0.6 is 0 Å². The molecule has 1 fully saturated rings. The Bertz CT molecular complexity index is 451. The Labute approximate surface area is 119 Å². The number of hydrogen-bond acceptors (Lipinski definition) is 4. The van der Waals surface area contributed by atoms with E-state index < -0.39 is 11.6 Å². The van der Waals surface area contributed by atoms with Gasteiger partial charge >= 0.3 is 5.97 Å². The quantitative estimate of drug-likeness (QED) is 0.771. The van der Waals surface area contributed by atoms with Gasteiger partial charge in [-0.3, -0.25) is 0 Å². The van der Waals surface area contributed by atoms with Crippen LogP contribution in [0.5, 0.6) is 0 Å². The van der Waals surface area contributed by atoms with E-state index in [9.17, 15) is 9.90 Å². The van der Waals surface area contributed by atoms with Crippen LogP contribution in [0.4, 0.5) is 5.82 Å². The van der Waals surface area contributed by atoms with Crippen molar-refractivity contribution in [1.82, 2.24) is 4.98 Å². The molecular formula is C15H22N2O3. The van der Waals surface area contributed by atoms with Gasteiger partial charge in [0.05, 0.1) is 11.2 Å². The summed E-state index contributed by atoms with van der Waals surface area (Å²) in [7, 11) is 0. The molecule has 0 spiro atoms. The lowest BCUT2D eigenvalue weighted by molar-refractivity contribution is 0.00222. The lowest BCUT2D eigenvalue weighted by atomic mass is 9.78. The molecule has 0 aliphatic heterocycles. The molecule has 5 heteroatoms. The van der Waals surface area contributed by atoms with Crippen LogP contribution in [-0.4, -0.2) is 33.3 Å². The molecule has 5 nitrogen and oxygen atoms in total. The van der Waals surface area contributed by atoms with Gasteiger partial charge in [-0.1, -0.05) is 13.3 Å². The second-order valence-corrected chi connectivity index (χ2v) is 5.67. The molecule has 0 radical (unpaired) electrons. The van der Waals surface area contributed by atoms with Crippen LogP contribution in [0.25, 0.3) is 0 Å². The fraction of sp³-hybridized carbons (Fsp3) is 0.600. The van der Waals surface area contributed by atoms with E-state index in [-0.39, 0.29) is 5.56 Å². The van der Waals surface area contributed by atoms with Gasteiger partial charge < -0.3 is 15.5 Å². The number of pyridine rings is 1. The number of carboxylic acids is 1. The zero-order valence-corrected chi connectivity index (χ0v) is 11.8. The van der Waals surface area contributed by atoms with Gasteiger partial charge in [0.1, 0.15) is 5.82 Å². The molecule has 0 aromatic carbocycles. The Morgan fingerprint density at radius 2 is 2.15 bits per heavy atom. The average molecular weight is 278 g/mol. The smallest absolute Gasteiger partial charge is 0.337 e. The van der Waals surface area contributed by atoms with E-state index in [1.165, 1.54) is 18.7 Å². The largest absolute Gasteiger partial charge is 0.478 e. The van der Waals surface area contributed by atoms with Crippen molar-refractivity contribution in [2.24, 2.45) is 5.92 Å². The number of aromatic nitrogens is 1. The predicted molar refractivity (Wildman–Crippen MR) is 76.9 cm³/mol. The minimum atomic E-state index is -0.986. The third-order valence-electron chi connectivity index (χ3n) is 4.22. The third-order valence-corrected chi connectivity index (χ3v) is 4.22. The Morgan fingerprint density at radius 1 is 1.45 bits per heavy atom. The molecule has 2 rings (SSSR count). The van der Waals surface area contributed by atoms with E-state index >= 15 is 0 Å². The number of carbonyl (C=O) groups is 1. The topological polar surface area (TPSA) is 82.5 Å². The number of nitrogens with one attached hydrogen (secondary N) is 1. The summed E-state index contributed by atoms with van der Waals surface area (Å²) in [5.41, 5.74) is -0.503. The molecule has 0 atom stereocenters. The number of hydrogen-bond donors (Lipinski definition) is 3. The van der Waals surface area contributed by atoms with Crippen LogP contribution in [0.2, 0.25) is 0 Å². The Morgan fingerprint density at radius 3 is 2.65 bits per heavy atom. The molecule has 110 valence electrons. The predicted octanol–water partition coefficient (Wildman–Crippen LogP) is 2.52. The highest BCUT2D eigenvalue weighted by Crippen LogP contribution is 2.33. The molecule has 1 saturated carbocycles. The lowest BCUT2D eigenvalue weighted by Crippen LogP contribution is -2.40. The van der Waals surface area contributed by atoms with Crippen LogP contribution in [0.1, 0.15) is 49.4 Å². The molecule has 3 N–H and O–H groups in total. The first-order valence-electron chi connectivity index (χ1n) is 7.18. The van der Waals surface area contributed by atoms with E-state index in [4.69, 9.17) is 5.11 Å². The fourth-order valence-corrected chi connectivity index (χ4v) is 2.68. The Balaban J connectivity index is 1.87. The molecule has 0 saturated heterocycles. The standard InChI is InChI=1S/C15H22N2O3/c1-2-11-5-7-15(20,8-6-11)10-17-13-4-3-12(9-16-13)14(18)19/h3-4,9,11,20H,2,5-8,10H2,1H3,(H,16,17)(H,18,19). The van der Waals surface area contributed by atoms with Crippen molar-refractivity contribution >= 4 is 11.8 Å². The van der Waals surface area contributed by atoms with Crippen LogP contribution < -0.4 is 5.32 Å². The lowest BCUT2D eigenvalue weighted by Gasteiger charge is -2.36. The molecule has 1 aliphatic carbocycles. The van der Waals surface area contributed by atoms with Crippen molar-refractivity contribution in [2.45, 2.75) is 44.6 Å². The summed E-state index contributed by atoms with van der Waals surface area (Å²) in [6.45, 7) is 2.66. The van der Waals surface area contributed by atoms with Crippen molar-refractivity contribution in [1.29, 1.82) is 0 Å². The SMILES string of the molecule is CCC1CCC(O)(CNc2ccc(C(=O)O)cn2)CC1. The van der Waals surface area contributed by atoms with Crippen LogP contribution in [-0.2, 0) is 0 Å². The number of aromatic carboxylic acids is 1. The summed E-state index contributed by atoms with van der Waals surface area (Å²) >= 11 is 0. The van der Waals surface area contributed by atoms with Gasteiger partial charge in [-0.05, 0) is 43.7 Å². The van der Waals surface area contributed by atoms with Gasteiger partial charge in [-0.25, -0.2) is 9.78 Å². The number of rotatable bonds is 5. The maximum atomic E-state index is 10.7. The summed E-state index contributed by atoms with van der Waals surface area (Å²) in [6.07, 6.45) is 6.27. The van der Waals surface area contributed by atoms with E-state index in [2.05, 4.69) is 17.2 Å². The first-order valence-corrected chi connectivity index (χ1v) is 7.18. The van der Waals surface area contributed by atoms with Crippen molar-refractivity contribution in [3.05, 3.63) is 23.9 Å². The highest BCUT2D eigenvalue weighted by molar-refractivity contribution is 5.87. The zero-order chi connectivity index (χ0) is 14.6. The molecule has 0 amide bonds. The Hall–Kier alpha value is -1.62. The molecule has 20 heavy (non-hydrogen) atoms. The van der Waals surface area contributed by atoms with Gasteiger partial charge in [-0.15, -0.1) is 0 Å². The highest BCUT2D eigenvalue weighted by Gasteiger charge is 2.32. The van der Waals surface area contributed by atoms with Crippen LogP contribution in [0.15, 0.2) is 18.3 Å². The normalized spacial score (nSPS) is 26.2. The zero-order valence-electron chi connectivity index (χ0n) is 11.8. The van der Waals surface area contributed by atoms with Gasteiger partial charge in [0, 0.05) is 12.7 Å². The summed E-state index contributed by atoms with van der Waals surface area (Å²) in [6, 6.07) is 3.14. The fourth-order valence-electron chi connectivity index (χ4n) is 2.68. The number of nitrogens with zero attached hydrogens (tertiary/aromatic N) is 1. The van der Waals surface area contributed by atoms with Crippen LogP contribution in [0.3, 0.4) is 0 Å². The molecule has 0 unspecified atom stereocenters. The first kappa shape index (κ1) is 14.8. The van der Waals surface area contributed by atoms with Crippen molar-refractivity contribution < 1.29 is 15.0 Å². The monoisotopic (exact) mass is 278 g/mol. The third kappa shape index (κ3) is 3.70. The minimum Gasteiger partial charge on any atom is -0.478 e. The van der Waals surface area contributed by atoms with Crippen molar-refractivity contribution in [3.8, 4) is 0 Å². The maximum Gasteiger partial charge on any atom is 0.337 e. The van der Waals surface area contributed by atoms with E-state index in [1.54, 1.807) is 6.07 Å². The second-order valence-electron chi connectivity index (χ2n) is 5.67. The molecule has 1 aromatic rings. The summed E-state index contributed by atoms with van der Waals surface area (Å²) in [5, 5.41) is 22.4. The summed E-state index contributed by atoms with van der Waals surface area (Å²) in [5.74, 6) is 0.352.